The predicted octanol–water partition coefficient (Wildman–Crippen LogP) is 3.23. The van der Waals surface area contributed by atoms with Crippen molar-refractivity contribution >= 4 is 28.1 Å². The van der Waals surface area contributed by atoms with Gasteiger partial charge >= 0.3 is 0 Å². The smallest absolute Gasteiger partial charge is 0.280 e. The van der Waals surface area contributed by atoms with Gasteiger partial charge in [0.05, 0.1) is 36.4 Å². The third kappa shape index (κ3) is 4.85. The number of rotatable bonds is 5. The van der Waals surface area contributed by atoms with Crippen molar-refractivity contribution in [1.82, 2.24) is 30.4 Å². The molecule has 0 radical (unpaired) electrons. The molecule has 0 bridgehead atoms. The van der Waals surface area contributed by atoms with E-state index in [9.17, 15) is 13.6 Å². The standard InChI is InChI=1S/C21H24F2N6OS/c1-12(2)26-18-4-5-29(11-21(18,22)23)19(30)8-16-7-14-6-15(9-25-17(14)10-24-16)20-28-27-13(3)31-20/h6-7,9-10,12,18,26H,4-5,8,11H2,1-3H3. The van der Waals surface area contributed by atoms with Gasteiger partial charge in [0.15, 0.2) is 0 Å². The lowest BCUT2D eigenvalue weighted by molar-refractivity contribution is -0.145. The maximum atomic E-state index is 14.5. The molecule has 31 heavy (non-hydrogen) atoms. The van der Waals surface area contributed by atoms with Gasteiger partial charge in [-0.25, -0.2) is 8.78 Å². The van der Waals surface area contributed by atoms with Crippen molar-refractivity contribution in [2.75, 3.05) is 13.1 Å². The molecular weight excluding hydrogens is 422 g/mol. The summed E-state index contributed by atoms with van der Waals surface area (Å²) in [5.74, 6) is -3.31. The second kappa shape index (κ2) is 8.51. The second-order valence-corrected chi connectivity index (χ2v) is 9.32. The van der Waals surface area contributed by atoms with Gasteiger partial charge in [0.25, 0.3) is 5.92 Å². The molecule has 10 heteroatoms. The zero-order valence-electron chi connectivity index (χ0n) is 17.6. The first-order valence-corrected chi connectivity index (χ1v) is 11.0. The minimum atomic E-state index is -2.96. The number of carbonyl (C=O) groups is 1. The fourth-order valence-electron chi connectivity index (χ4n) is 3.73. The van der Waals surface area contributed by atoms with Gasteiger partial charge < -0.3 is 10.2 Å². The monoisotopic (exact) mass is 446 g/mol. The van der Waals surface area contributed by atoms with E-state index in [-0.39, 0.29) is 24.8 Å². The summed E-state index contributed by atoms with van der Waals surface area (Å²) >= 11 is 1.47. The Morgan fingerprint density at radius 2 is 2.10 bits per heavy atom. The number of aryl methyl sites for hydroxylation is 1. The SMILES string of the molecule is Cc1nnc(-c2cnc3cnc(CC(=O)N4CCC(NC(C)C)C(F)(F)C4)cc3c2)s1. The second-order valence-electron chi connectivity index (χ2n) is 8.13. The van der Waals surface area contributed by atoms with Crippen LogP contribution in [0.4, 0.5) is 8.78 Å². The predicted molar refractivity (Wildman–Crippen MR) is 115 cm³/mol. The Labute approximate surface area is 182 Å². The average Bonchev–Trinajstić information content (AvgIpc) is 3.15. The van der Waals surface area contributed by atoms with Crippen LogP contribution >= 0.6 is 11.3 Å². The molecule has 0 saturated carbocycles. The van der Waals surface area contributed by atoms with Gasteiger partial charge in [0, 0.05) is 29.7 Å². The van der Waals surface area contributed by atoms with Crippen molar-refractivity contribution in [3.63, 3.8) is 0 Å². The van der Waals surface area contributed by atoms with Crippen LogP contribution in [0.1, 0.15) is 31.0 Å². The van der Waals surface area contributed by atoms with Crippen LogP contribution in [0, 0.1) is 6.92 Å². The van der Waals surface area contributed by atoms with Gasteiger partial charge in [0.2, 0.25) is 5.91 Å². The van der Waals surface area contributed by atoms with Crippen molar-refractivity contribution in [2.24, 2.45) is 0 Å². The Kier molecular flexibility index (Phi) is 5.94. The highest BCUT2D eigenvalue weighted by atomic mass is 32.1. The molecule has 4 heterocycles. The number of hydrogen-bond donors (Lipinski definition) is 1. The summed E-state index contributed by atoms with van der Waals surface area (Å²) in [6, 6.07) is 2.75. The fraction of sp³-hybridized carbons (Fsp3) is 0.476. The maximum absolute atomic E-state index is 14.5. The Morgan fingerprint density at radius 1 is 1.29 bits per heavy atom. The van der Waals surface area contributed by atoms with E-state index in [4.69, 9.17) is 0 Å². The number of hydrogen-bond acceptors (Lipinski definition) is 7. The Bertz CT molecular complexity index is 1100. The van der Waals surface area contributed by atoms with Gasteiger partial charge in [-0.1, -0.05) is 25.2 Å². The van der Waals surface area contributed by atoms with Crippen LogP contribution in [0.3, 0.4) is 0 Å². The van der Waals surface area contributed by atoms with E-state index < -0.39 is 18.5 Å². The van der Waals surface area contributed by atoms with Gasteiger partial charge in [0.1, 0.15) is 10.0 Å². The maximum Gasteiger partial charge on any atom is 0.280 e. The molecule has 4 rings (SSSR count). The number of nitrogens with one attached hydrogen (secondary N) is 1. The van der Waals surface area contributed by atoms with Gasteiger partial charge in [-0.2, -0.15) is 0 Å². The number of amides is 1. The van der Waals surface area contributed by atoms with E-state index in [0.29, 0.717) is 17.8 Å². The topological polar surface area (TPSA) is 83.9 Å². The molecule has 0 aliphatic carbocycles. The van der Waals surface area contributed by atoms with E-state index in [1.165, 1.54) is 16.2 Å². The normalized spacial score (nSPS) is 18.6. The Hall–Kier alpha value is -2.59. The summed E-state index contributed by atoms with van der Waals surface area (Å²) in [4.78, 5) is 22.7. The molecule has 1 N–H and O–H groups in total. The highest BCUT2D eigenvalue weighted by Crippen LogP contribution is 2.29. The zero-order valence-corrected chi connectivity index (χ0v) is 18.4. The molecule has 1 aliphatic rings. The van der Waals surface area contributed by atoms with Crippen LogP contribution in [0.25, 0.3) is 21.5 Å². The van der Waals surface area contributed by atoms with Gasteiger partial charge in [-0.15, -0.1) is 10.2 Å². The van der Waals surface area contributed by atoms with Gasteiger partial charge in [-0.3, -0.25) is 14.8 Å². The van der Waals surface area contributed by atoms with Crippen molar-refractivity contribution < 1.29 is 13.6 Å². The highest BCUT2D eigenvalue weighted by Gasteiger charge is 2.45. The first-order chi connectivity index (χ1) is 14.7. The molecule has 1 amide bonds. The first-order valence-electron chi connectivity index (χ1n) is 10.2. The largest absolute Gasteiger partial charge is 0.336 e. The van der Waals surface area contributed by atoms with Gasteiger partial charge in [-0.05, 0) is 25.5 Å². The molecule has 7 nitrogen and oxygen atoms in total. The van der Waals surface area contributed by atoms with Crippen LogP contribution in [0.15, 0.2) is 24.5 Å². The van der Waals surface area contributed by atoms with E-state index in [0.717, 1.165) is 21.0 Å². The fourth-order valence-corrected chi connectivity index (χ4v) is 4.40. The number of halogens is 2. The molecule has 1 unspecified atom stereocenters. The number of likely N-dealkylation sites (tertiary alicyclic amines) is 1. The number of nitrogens with zero attached hydrogens (tertiary/aromatic N) is 5. The third-order valence-corrected chi connectivity index (χ3v) is 6.10. The first kappa shape index (κ1) is 21.6. The van der Waals surface area contributed by atoms with Crippen LogP contribution < -0.4 is 5.32 Å². The van der Waals surface area contributed by atoms with Crippen LogP contribution in [-0.4, -0.2) is 62.1 Å². The molecule has 1 saturated heterocycles. The van der Waals surface area contributed by atoms with E-state index in [2.05, 4.69) is 25.5 Å². The minimum absolute atomic E-state index is 0.0313. The number of piperidine rings is 1. The molecule has 164 valence electrons. The number of carbonyl (C=O) groups excluding carboxylic acids is 1. The molecule has 3 aromatic heterocycles. The van der Waals surface area contributed by atoms with Crippen LogP contribution in [0.2, 0.25) is 0 Å². The number of aromatic nitrogens is 4. The molecule has 0 aromatic carbocycles. The summed E-state index contributed by atoms with van der Waals surface area (Å²) in [5, 5.41) is 13.5. The molecule has 0 spiro atoms. The quantitative estimate of drug-likeness (QED) is 0.648. The summed E-state index contributed by atoms with van der Waals surface area (Å²) in [5.41, 5.74) is 2.05. The summed E-state index contributed by atoms with van der Waals surface area (Å²) in [6.45, 7) is 5.28. The van der Waals surface area contributed by atoms with Crippen LogP contribution in [0.5, 0.6) is 0 Å². The van der Waals surface area contributed by atoms with Crippen molar-refractivity contribution in [1.29, 1.82) is 0 Å². The zero-order chi connectivity index (χ0) is 22.2. The van der Waals surface area contributed by atoms with Crippen molar-refractivity contribution in [2.45, 2.75) is 51.6 Å². The summed E-state index contributed by atoms with van der Waals surface area (Å²) in [6.07, 6.45) is 3.50. The minimum Gasteiger partial charge on any atom is -0.336 e. The molecule has 1 aliphatic heterocycles. The molecule has 1 fully saturated rings. The Balaban J connectivity index is 1.48. The number of alkyl halides is 2. The van der Waals surface area contributed by atoms with Crippen molar-refractivity contribution in [3.8, 4) is 10.6 Å². The number of pyridine rings is 2. The van der Waals surface area contributed by atoms with E-state index in [1.807, 2.05) is 26.8 Å². The summed E-state index contributed by atoms with van der Waals surface area (Å²) in [7, 11) is 0. The lowest BCUT2D eigenvalue weighted by Crippen LogP contribution is -2.59. The average molecular weight is 447 g/mol. The lowest BCUT2D eigenvalue weighted by Gasteiger charge is -2.39. The van der Waals surface area contributed by atoms with E-state index in [1.54, 1.807) is 18.5 Å². The third-order valence-electron chi connectivity index (χ3n) is 5.22. The Morgan fingerprint density at radius 3 is 2.77 bits per heavy atom. The van der Waals surface area contributed by atoms with Crippen LogP contribution in [-0.2, 0) is 11.2 Å². The molecule has 1 atom stereocenters. The lowest BCUT2D eigenvalue weighted by atomic mass is 9.99. The highest BCUT2D eigenvalue weighted by molar-refractivity contribution is 7.14. The number of fused-ring (bicyclic) bond motifs is 1. The summed E-state index contributed by atoms with van der Waals surface area (Å²) < 4.78 is 29.0. The van der Waals surface area contributed by atoms with E-state index >= 15 is 0 Å². The van der Waals surface area contributed by atoms with Crippen molar-refractivity contribution in [3.05, 3.63) is 35.2 Å². The molecular formula is C21H24F2N6OS. The molecule has 3 aromatic rings.